The second-order valence-corrected chi connectivity index (χ2v) is 4.80. The van der Waals surface area contributed by atoms with Gasteiger partial charge in [-0.15, -0.1) is 11.3 Å². The van der Waals surface area contributed by atoms with Gasteiger partial charge in [-0.25, -0.2) is 4.98 Å². The molecule has 0 aliphatic heterocycles. The molecule has 6 heteroatoms. The predicted molar refractivity (Wildman–Crippen MR) is 54.1 cm³/mol. The molecule has 2 nitrogen and oxygen atoms in total. The van der Waals surface area contributed by atoms with Gasteiger partial charge in [-0.3, -0.25) is 0 Å². The molecule has 0 saturated carbocycles. The fourth-order valence-electron chi connectivity index (χ4n) is 1.31. The molecule has 0 amide bonds. The van der Waals surface area contributed by atoms with Crippen LogP contribution in [-0.2, 0) is 0 Å². The van der Waals surface area contributed by atoms with Crippen LogP contribution in [0.25, 0.3) is 0 Å². The average molecular weight is 238 g/mol. The summed E-state index contributed by atoms with van der Waals surface area (Å²) in [6.07, 6.45) is -4.17. The Balaban J connectivity index is 2.61. The number of rotatable bonds is 3. The van der Waals surface area contributed by atoms with Crippen molar-refractivity contribution in [3.05, 3.63) is 15.6 Å². The molecular formula is C9H13F3N2S. The van der Waals surface area contributed by atoms with Gasteiger partial charge in [-0.2, -0.15) is 13.2 Å². The van der Waals surface area contributed by atoms with E-state index in [1.807, 2.05) is 13.8 Å². The van der Waals surface area contributed by atoms with E-state index in [1.54, 1.807) is 6.92 Å². The van der Waals surface area contributed by atoms with Crippen LogP contribution in [0.15, 0.2) is 0 Å². The van der Waals surface area contributed by atoms with Gasteiger partial charge in [-0.1, -0.05) is 0 Å². The Kier molecular flexibility index (Phi) is 3.72. The van der Waals surface area contributed by atoms with E-state index in [2.05, 4.69) is 10.3 Å². The predicted octanol–water partition coefficient (Wildman–Crippen LogP) is 2.97. The van der Waals surface area contributed by atoms with Crippen LogP contribution in [0, 0.1) is 13.8 Å². The highest BCUT2D eigenvalue weighted by Crippen LogP contribution is 2.23. The fraction of sp³-hybridized carbons (Fsp3) is 0.667. The Morgan fingerprint density at radius 1 is 1.40 bits per heavy atom. The van der Waals surface area contributed by atoms with Crippen LogP contribution in [0.4, 0.5) is 13.2 Å². The molecule has 0 bridgehead atoms. The van der Waals surface area contributed by atoms with Crippen LogP contribution in [0.3, 0.4) is 0 Å². The minimum Gasteiger partial charge on any atom is -0.301 e. The number of thiazole rings is 1. The lowest BCUT2D eigenvalue weighted by molar-refractivity contribution is -0.126. The van der Waals surface area contributed by atoms with Gasteiger partial charge in [0.25, 0.3) is 0 Å². The SMILES string of the molecule is Cc1nc(C(C)NCC(F)(F)F)c(C)s1. The average Bonchev–Trinajstić information content (AvgIpc) is 2.40. The largest absolute Gasteiger partial charge is 0.401 e. The summed E-state index contributed by atoms with van der Waals surface area (Å²) in [5, 5.41) is 3.29. The zero-order valence-corrected chi connectivity index (χ0v) is 9.59. The molecule has 0 aliphatic rings. The molecule has 0 radical (unpaired) electrons. The summed E-state index contributed by atoms with van der Waals surface area (Å²) >= 11 is 1.50. The molecule has 0 saturated heterocycles. The number of alkyl halides is 3. The van der Waals surface area contributed by atoms with Gasteiger partial charge >= 0.3 is 6.18 Å². The standard InChI is InChI=1S/C9H13F3N2S/c1-5(13-4-9(10,11)12)8-6(2)15-7(3)14-8/h5,13H,4H2,1-3H3. The lowest BCUT2D eigenvalue weighted by atomic mass is 10.2. The quantitative estimate of drug-likeness (QED) is 0.875. The number of nitrogens with one attached hydrogen (secondary N) is 1. The van der Waals surface area contributed by atoms with E-state index < -0.39 is 12.7 Å². The number of halogens is 3. The summed E-state index contributed by atoms with van der Waals surface area (Å²) < 4.78 is 35.9. The Bertz CT molecular complexity index is 333. The molecule has 1 heterocycles. The molecule has 0 spiro atoms. The topological polar surface area (TPSA) is 24.9 Å². The van der Waals surface area contributed by atoms with Crippen LogP contribution >= 0.6 is 11.3 Å². The molecule has 1 atom stereocenters. The van der Waals surface area contributed by atoms with E-state index in [4.69, 9.17) is 0 Å². The first-order valence-electron chi connectivity index (χ1n) is 4.53. The minimum absolute atomic E-state index is 0.364. The monoisotopic (exact) mass is 238 g/mol. The number of aryl methyl sites for hydroxylation is 2. The van der Waals surface area contributed by atoms with Crippen LogP contribution in [0.2, 0.25) is 0 Å². The Labute approximate surface area is 90.5 Å². The maximum absolute atomic E-state index is 12.0. The summed E-state index contributed by atoms with van der Waals surface area (Å²) in [7, 11) is 0. The molecular weight excluding hydrogens is 225 g/mol. The minimum atomic E-state index is -4.17. The van der Waals surface area contributed by atoms with Gasteiger partial charge in [-0.05, 0) is 20.8 Å². The van der Waals surface area contributed by atoms with Crippen LogP contribution in [-0.4, -0.2) is 17.7 Å². The van der Waals surface area contributed by atoms with E-state index in [0.29, 0.717) is 5.69 Å². The number of nitrogens with zero attached hydrogens (tertiary/aromatic N) is 1. The van der Waals surface area contributed by atoms with Gasteiger partial charge in [0.2, 0.25) is 0 Å². The van der Waals surface area contributed by atoms with Crippen molar-refractivity contribution in [2.45, 2.75) is 33.0 Å². The zero-order chi connectivity index (χ0) is 11.6. The van der Waals surface area contributed by atoms with Gasteiger partial charge in [0.1, 0.15) is 0 Å². The molecule has 86 valence electrons. The second kappa shape index (κ2) is 4.49. The molecule has 0 fully saturated rings. The Morgan fingerprint density at radius 3 is 2.40 bits per heavy atom. The van der Waals surface area contributed by atoms with Crippen molar-refractivity contribution in [3.8, 4) is 0 Å². The summed E-state index contributed by atoms with van der Waals surface area (Å²) in [5.41, 5.74) is 0.710. The fourth-order valence-corrected chi connectivity index (χ4v) is 2.23. The third-order valence-electron chi connectivity index (χ3n) is 1.96. The Hall–Kier alpha value is -0.620. The van der Waals surface area contributed by atoms with Crippen LogP contribution in [0.5, 0.6) is 0 Å². The van der Waals surface area contributed by atoms with Crippen molar-refractivity contribution in [1.82, 2.24) is 10.3 Å². The van der Waals surface area contributed by atoms with Gasteiger partial charge < -0.3 is 5.32 Å². The van der Waals surface area contributed by atoms with Gasteiger partial charge in [0.05, 0.1) is 17.2 Å². The molecule has 1 unspecified atom stereocenters. The van der Waals surface area contributed by atoms with E-state index in [9.17, 15) is 13.2 Å². The highest BCUT2D eigenvalue weighted by molar-refractivity contribution is 7.11. The lowest BCUT2D eigenvalue weighted by Gasteiger charge is -2.14. The van der Waals surface area contributed by atoms with Crippen LogP contribution in [0.1, 0.15) is 28.5 Å². The second-order valence-electron chi connectivity index (χ2n) is 3.39. The van der Waals surface area contributed by atoms with Crippen molar-refractivity contribution in [2.24, 2.45) is 0 Å². The third-order valence-corrected chi connectivity index (χ3v) is 2.86. The summed E-state index contributed by atoms with van der Waals surface area (Å²) in [6.45, 7) is 4.42. The molecule has 15 heavy (non-hydrogen) atoms. The van der Waals surface area contributed by atoms with Crippen molar-refractivity contribution < 1.29 is 13.2 Å². The van der Waals surface area contributed by atoms with Crippen molar-refractivity contribution >= 4 is 11.3 Å². The van der Waals surface area contributed by atoms with Gasteiger partial charge in [0.15, 0.2) is 0 Å². The smallest absolute Gasteiger partial charge is 0.301 e. The van der Waals surface area contributed by atoms with Crippen molar-refractivity contribution in [2.75, 3.05) is 6.54 Å². The van der Waals surface area contributed by atoms with E-state index >= 15 is 0 Å². The molecule has 1 aromatic heterocycles. The highest BCUT2D eigenvalue weighted by atomic mass is 32.1. The van der Waals surface area contributed by atoms with Crippen molar-refractivity contribution in [1.29, 1.82) is 0 Å². The highest BCUT2D eigenvalue weighted by Gasteiger charge is 2.28. The third kappa shape index (κ3) is 3.79. The first-order chi connectivity index (χ1) is 6.79. The number of hydrogen-bond acceptors (Lipinski definition) is 3. The zero-order valence-electron chi connectivity index (χ0n) is 8.77. The molecule has 1 N–H and O–H groups in total. The van der Waals surface area contributed by atoms with E-state index in [-0.39, 0.29) is 6.04 Å². The van der Waals surface area contributed by atoms with Gasteiger partial charge in [0, 0.05) is 10.9 Å². The molecule has 0 aliphatic carbocycles. The maximum Gasteiger partial charge on any atom is 0.401 e. The maximum atomic E-state index is 12.0. The van der Waals surface area contributed by atoms with E-state index in [0.717, 1.165) is 9.88 Å². The molecule has 1 rings (SSSR count). The Morgan fingerprint density at radius 2 is 2.00 bits per heavy atom. The lowest BCUT2D eigenvalue weighted by Crippen LogP contribution is -2.31. The normalized spacial score (nSPS) is 14.3. The first-order valence-corrected chi connectivity index (χ1v) is 5.35. The summed E-state index contributed by atoms with van der Waals surface area (Å²) in [4.78, 5) is 5.17. The van der Waals surface area contributed by atoms with E-state index in [1.165, 1.54) is 11.3 Å². The summed E-state index contributed by atoms with van der Waals surface area (Å²) in [5.74, 6) is 0. The number of aromatic nitrogens is 1. The number of hydrogen-bond donors (Lipinski definition) is 1. The molecule has 1 aromatic rings. The van der Waals surface area contributed by atoms with Crippen molar-refractivity contribution in [3.63, 3.8) is 0 Å². The molecule has 0 aromatic carbocycles. The first kappa shape index (κ1) is 12.4. The van der Waals surface area contributed by atoms with Crippen LogP contribution < -0.4 is 5.32 Å². The summed E-state index contributed by atoms with van der Waals surface area (Å²) in [6, 6.07) is -0.364.